The van der Waals surface area contributed by atoms with Crippen molar-refractivity contribution in [3.63, 3.8) is 0 Å². The minimum atomic E-state index is -0.0640. The van der Waals surface area contributed by atoms with Gasteiger partial charge in [-0.15, -0.1) is 11.3 Å². The number of hydrogen-bond donors (Lipinski definition) is 0. The molecule has 2 aliphatic rings. The maximum atomic E-state index is 13.0. The molecule has 1 saturated heterocycles. The lowest BCUT2D eigenvalue weighted by molar-refractivity contribution is -0.133. The highest BCUT2D eigenvalue weighted by Gasteiger charge is 2.28. The number of nitrogens with zero attached hydrogens (tertiary/aromatic N) is 5. The van der Waals surface area contributed by atoms with Crippen LogP contribution in [-0.2, 0) is 4.79 Å². The molecule has 2 aromatic heterocycles. The maximum Gasteiger partial charge on any atom is 0.273 e. The molecule has 0 bridgehead atoms. The van der Waals surface area contributed by atoms with Gasteiger partial charge in [-0.3, -0.25) is 9.59 Å². The average molecular weight is 450 g/mol. The van der Waals surface area contributed by atoms with Crippen molar-refractivity contribution in [3.8, 4) is 16.3 Å². The van der Waals surface area contributed by atoms with E-state index in [2.05, 4.69) is 10.1 Å². The average Bonchev–Trinajstić information content (AvgIpc) is 3.61. The smallest absolute Gasteiger partial charge is 0.273 e. The number of carbonyl (C=O) groups is 2. The first-order chi connectivity index (χ1) is 15.7. The number of para-hydroxylation sites is 1. The summed E-state index contributed by atoms with van der Waals surface area (Å²) in [6.45, 7) is 2.35. The number of amides is 2. The number of benzene rings is 1. The fraction of sp³-hybridized carbons (Fsp3) is 0.417. The number of piperazine rings is 1. The number of thiazole rings is 1. The van der Waals surface area contributed by atoms with Crippen molar-refractivity contribution in [1.82, 2.24) is 24.6 Å². The highest BCUT2D eigenvalue weighted by Crippen LogP contribution is 2.28. The van der Waals surface area contributed by atoms with Gasteiger partial charge in [-0.25, -0.2) is 9.67 Å². The van der Waals surface area contributed by atoms with Gasteiger partial charge >= 0.3 is 0 Å². The van der Waals surface area contributed by atoms with Crippen LogP contribution in [0.2, 0.25) is 0 Å². The summed E-state index contributed by atoms with van der Waals surface area (Å²) in [6.07, 6.45) is 9.24. The topological polar surface area (TPSA) is 71.3 Å². The predicted octanol–water partition coefficient (Wildman–Crippen LogP) is 3.86. The van der Waals surface area contributed by atoms with E-state index >= 15 is 0 Å². The summed E-state index contributed by atoms with van der Waals surface area (Å²) in [5, 5.41) is 7.01. The van der Waals surface area contributed by atoms with E-state index in [1.165, 1.54) is 37.0 Å². The SMILES string of the molecule is O=C(CC1CCCC1)N1CCN(C(=O)c2csc(-c3cnn(-c4ccccc4)c3)n2)CC1. The van der Waals surface area contributed by atoms with Crippen LogP contribution in [0.5, 0.6) is 0 Å². The summed E-state index contributed by atoms with van der Waals surface area (Å²) in [4.78, 5) is 33.9. The Morgan fingerprint density at radius 1 is 1.00 bits per heavy atom. The molecule has 7 nitrogen and oxygen atoms in total. The van der Waals surface area contributed by atoms with Crippen LogP contribution in [-0.4, -0.2) is 62.6 Å². The third-order valence-corrected chi connectivity index (χ3v) is 7.32. The molecule has 0 spiro atoms. The highest BCUT2D eigenvalue weighted by molar-refractivity contribution is 7.13. The molecule has 1 aliphatic heterocycles. The molecule has 0 unspecified atom stereocenters. The zero-order chi connectivity index (χ0) is 21.9. The molecule has 1 saturated carbocycles. The summed E-state index contributed by atoms with van der Waals surface area (Å²) in [5.74, 6) is 0.739. The lowest BCUT2D eigenvalue weighted by Gasteiger charge is -2.35. The van der Waals surface area contributed by atoms with E-state index < -0.39 is 0 Å². The van der Waals surface area contributed by atoms with Crippen molar-refractivity contribution in [2.75, 3.05) is 26.2 Å². The van der Waals surface area contributed by atoms with Crippen LogP contribution in [0.4, 0.5) is 0 Å². The zero-order valence-corrected chi connectivity index (χ0v) is 18.8. The Balaban J connectivity index is 1.18. The van der Waals surface area contributed by atoms with Crippen molar-refractivity contribution in [2.24, 2.45) is 5.92 Å². The Labute approximate surface area is 191 Å². The van der Waals surface area contributed by atoms with E-state index in [0.29, 0.717) is 44.2 Å². The Hall–Kier alpha value is -3.00. The molecular formula is C24H27N5O2S. The van der Waals surface area contributed by atoms with Crippen LogP contribution in [0, 0.1) is 5.92 Å². The maximum absolute atomic E-state index is 13.0. The van der Waals surface area contributed by atoms with Crippen LogP contribution in [0.15, 0.2) is 48.1 Å². The third-order valence-electron chi connectivity index (χ3n) is 6.43. The molecule has 3 aromatic rings. The summed E-state index contributed by atoms with van der Waals surface area (Å²) in [6, 6.07) is 9.90. The zero-order valence-electron chi connectivity index (χ0n) is 18.0. The van der Waals surface area contributed by atoms with E-state index in [1.54, 1.807) is 10.9 Å². The van der Waals surface area contributed by atoms with Crippen molar-refractivity contribution < 1.29 is 9.59 Å². The van der Waals surface area contributed by atoms with Crippen LogP contribution in [0.3, 0.4) is 0 Å². The Morgan fingerprint density at radius 3 is 2.47 bits per heavy atom. The second-order valence-electron chi connectivity index (χ2n) is 8.57. The standard InChI is InChI=1S/C24H27N5O2S/c30-22(14-18-6-4-5-7-18)27-10-12-28(13-11-27)24(31)21-17-32-23(26-21)19-15-25-29(16-19)20-8-2-1-3-9-20/h1-3,8-9,15-18H,4-7,10-14H2. The molecule has 0 radical (unpaired) electrons. The van der Waals surface area contributed by atoms with Crippen LogP contribution >= 0.6 is 11.3 Å². The lowest BCUT2D eigenvalue weighted by atomic mass is 10.0. The summed E-state index contributed by atoms with van der Waals surface area (Å²) < 4.78 is 1.81. The number of aromatic nitrogens is 3. The molecule has 5 rings (SSSR count). The van der Waals surface area contributed by atoms with Gasteiger partial charge in [0, 0.05) is 49.7 Å². The van der Waals surface area contributed by atoms with Gasteiger partial charge in [0.1, 0.15) is 10.7 Å². The molecule has 0 N–H and O–H groups in total. The first kappa shape index (κ1) is 20.9. The Morgan fingerprint density at radius 2 is 1.72 bits per heavy atom. The van der Waals surface area contributed by atoms with Crippen molar-refractivity contribution >= 4 is 23.2 Å². The first-order valence-corrected chi connectivity index (χ1v) is 12.2. The Bertz CT molecular complexity index is 1080. The van der Waals surface area contributed by atoms with E-state index in [1.807, 2.05) is 51.7 Å². The van der Waals surface area contributed by atoms with E-state index in [9.17, 15) is 9.59 Å². The fourth-order valence-corrected chi connectivity index (χ4v) is 5.34. The fourth-order valence-electron chi connectivity index (χ4n) is 4.57. The largest absolute Gasteiger partial charge is 0.339 e. The second-order valence-corrected chi connectivity index (χ2v) is 9.43. The quantitative estimate of drug-likeness (QED) is 0.593. The normalized spacial score (nSPS) is 17.1. The molecule has 32 heavy (non-hydrogen) atoms. The van der Waals surface area contributed by atoms with Gasteiger partial charge in [-0.2, -0.15) is 5.10 Å². The number of hydrogen-bond acceptors (Lipinski definition) is 5. The molecule has 1 aromatic carbocycles. The van der Waals surface area contributed by atoms with Crippen LogP contribution in [0.25, 0.3) is 16.3 Å². The van der Waals surface area contributed by atoms with E-state index in [0.717, 1.165) is 16.3 Å². The van der Waals surface area contributed by atoms with Crippen LogP contribution < -0.4 is 0 Å². The van der Waals surface area contributed by atoms with Gasteiger partial charge in [0.2, 0.25) is 5.91 Å². The second kappa shape index (κ2) is 9.24. The molecule has 1 aliphatic carbocycles. The van der Waals surface area contributed by atoms with Gasteiger partial charge in [0.25, 0.3) is 5.91 Å². The first-order valence-electron chi connectivity index (χ1n) is 11.3. The monoisotopic (exact) mass is 449 g/mol. The van der Waals surface area contributed by atoms with Gasteiger partial charge in [-0.1, -0.05) is 31.0 Å². The molecule has 166 valence electrons. The van der Waals surface area contributed by atoms with E-state index in [-0.39, 0.29) is 11.8 Å². The molecule has 2 amide bonds. The van der Waals surface area contributed by atoms with Crippen molar-refractivity contribution in [3.05, 3.63) is 53.8 Å². The van der Waals surface area contributed by atoms with Gasteiger partial charge < -0.3 is 9.80 Å². The third kappa shape index (κ3) is 4.46. The highest BCUT2D eigenvalue weighted by atomic mass is 32.1. The molecule has 2 fully saturated rings. The molecule has 0 atom stereocenters. The van der Waals surface area contributed by atoms with E-state index in [4.69, 9.17) is 0 Å². The predicted molar refractivity (Wildman–Crippen MR) is 124 cm³/mol. The minimum Gasteiger partial charge on any atom is -0.339 e. The molecular weight excluding hydrogens is 422 g/mol. The van der Waals surface area contributed by atoms with Crippen molar-refractivity contribution in [2.45, 2.75) is 32.1 Å². The van der Waals surface area contributed by atoms with Gasteiger partial charge in [0.15, 0.2) is 0 Å². The van der Waals surface area contributed by atoms with Crippen LogP contribution in [0.1, 0.15) is 42.6 Å². The number of carbonyl (C=O) groups excluding carboxylic acids is 2. The Kier molecular flexibility index (Phi) is 6.03. The van der Waals surface area contributed by atoms with Gasteiger partial charge in [0.05, 0.1) is 11.9 Å². The number of rotatable bonds is 5. The summed E-state index contributed by atoms with van der Waals surface area (Å²) >= 11 is 1.45. The summed E-state index contributed by atoms with van der Waals surface area (Å²) in [5.41, 5.74) is 2.33. The minimum absolute atomic E-state index is 0.0640. The summed E-state index contributed by atoms with van der Waals surface area (Å²) in [7, 11) is 0. The van der Waals surface area contributed by atoms with Gasteiger partial charge in [-0.05, 0) is 30.9 Å². The molecule has 3 heterocycles. The molecule has 8 heteroatoms. The van der Waals surface area contributed by atoms with Crippen molar-refractivity contribution in [1.29, 1.82) is 0 Å². The lowest BCUT2D eigenvalue weighted by Crippen LogP contribution is -2.50.